The van der Waals surface area contributed by atoms with E-state index in [9.17, 15) is 8.42 Å². The fraction of sp³-hybridized carbons (Fsp3) is 0.571. The van der Waals surface area contributed by atoms with Crippen molar-refractivity contribution >= 4 is 9.84 Å². The number of sulfone groups is 1. The largest absolute Gasteiger partial charge is 0.224 e. The van der Waals surface area contributed by atoms with Crippen LogP contribution >= 0.6 is 0 Å². The van der Waals surface area contributed by atoms with Crippen molar-refractivity contribution in [1.29, 1.82) is 0 Å². The first kappa shape index (κ1) is 14.2. The lowest BCUT2D eigenvalue weighted by Gasteiger charge is -2.17. The molecule has 17 heavy (non-hydrogen) atoms. The van der Waals surface area contributed by atoms with Crippen LogP contribution in [0.3, 0.4) is 0 Å². The van der Waals surface area contributed by atoms with Crippen molar-refractivity contribution < 1.29 is 8.42 Å². The summed E-state index contributed by atoms with van der Waals surface area (Å²) in [4.78, 5) is 0.442. The minimum absolute atomic E-state index is 0.197. The van der Waals surface area contributed by atoms with Crippen molar-refractivity contribution in [2.24, 2.45) is 5.41 Å². The molecule has 0 aliphatic rings. The minimum Gasteiger partial charge on any atom is -0.224 e. The van der Waals surface area contributed by atoms with Gasteiger partial charge in [-0.15, -0.1) is 0 Å². The van der Waals surface area contributed by atoms with Gasteiger partial charge in [0.25, 0.3) is 0 Å². The normalized spacial score (nSPS) is 12.7. The highest BCUT2D eigenvalue weighted by atomic mass is 32.2. The molecule has 0 saturated heterocycles. The molecule has 0 amide bonds. The number of aryl methyl sites for hydroxylation is 1. The number of hydrogen-bond donors (Lipinski definition) is 0. The predicted octanol–water partition coefficient (Wildman–Crippen LogP) is 3.60. The fourth-order valence-corrected chi connectivity index (χ4v) is 2.97. The molecule has 96 valence electrons. The van der Waals surface area contributed by atoms with Crippen LogP contribution in [-0.2, 0) is 9.84 Å². The van der Waals surface area contributed by atoms with Crippen molar-refractivity contribution in [2.45, 2.75) is 45.4 Å². The molecule has 0 bridgehead atoms. The third-order valence-electron chi connectivity index (χ3n) is 2.72. The van der Waals surface area contributed by atoms with E-state index in [2.05, 4.69) is 20.8 Å². The molecule has 3 heteroatoms. The Bertz CT molecular complexity index is 450. The van der Waals surface area contributed by atoms with Crippen LogP contribution in [0.2, 0.25) is 0 Å². The highest BCUT2D eigenvalue weighted by Crippen LogP contribution is 2.22. The molecule has 0 unspecified atom stereocenters. The Balaban J connectivity index is 2.66. The maximum atomic E-state index is 12.0. The summed E-state index contributed by atoms with van der Waals surface area (Å²) in [5.74, 6) is 0.243. The Labute approximate surface area is 105 Å². The summed E-state index contributed by atoms with van der Waals surface area (Å²) in [7, 11) is -3.10. The van der Waals surface area contributed by atoms with E-state index in [4.69, 9.17) is 0 Å². The number of rotatable bonds is 4. The van der Waals surface area contributed by atoms with E-state index in [1.165, 1.54) is 0 Å². The van der Waals surface area contributed by atoms with E-state index < -0.39 is 9.84 Å². The molecule has 0 N–H and O–H groups in total. The Hall–Kier alpha value is -0.830. The molecule has 0 aromatic heterocycles. The van der Waals surface area contributed by atoms with Gasteiger partial charge in [0.1, 0.15) is 0 Å². The summed E-state index contributed by atoms with van der Waals surface area (Å²) < 4.78 is 24.1. The van der Waals surface area contributed by atoms with Gasteiger partial charge in [-0.05, 0) is 37.3 Å². The summed E-state index contributed by atoms with van der Waals surface area (Å²) in [6.45, 7) is 8.35. The zero-order chi connectivity index (χ0) is 13.1. The summed E-state index contributed by atoms with van der Waals surface area (Å²) in [5.41, 5.74) is 1.28. The Morgan fingerprint density at radius 1 is 1.06 bits per heavy atom. The van der Waals surface area contributed by atoms with Gasteiger partial charge >= 0.3 is 0 Å². The first-order chi connectivity index (χ1) is 7.71. The molecule has 0 fully saturated rings. The van der Waals surface area contributed by atoms with Crippen molar-refractivity contribution in [3.05, 3.63) is 29.8 Å². The SMILES string of the molecule is Cc1ccc(S(=O)(=O)CCCC(C)(C)C)cc1. The van der Waals surface area contributed by atoms with Crippen LogP contribution in [0.5, 0.6) is 0 Å². The standard InChI is InChI=1S/C14H22O2S/c1-12-6-8-13(9-7-12)17(15,16)11-5-10-14(2,3)4/h6-9H,5,10-11H2,1-4H3. The lowest BCUT2D eigenvalue weighted by molar-refractivity contribution is 0.373. The van der Waals surface area contributed by atoms with E-state index in [1.807, 2.05) is 19.1 Å². The van der Waals surface area contributed by atoms with Gasteiger partial charge in [-0.1, -0.05) is 38.5 Å². The molecule has 1 aromatic carbocycles. The van der Waals surface area contributed by atoms with Crippen LogP contribution in [-0.4, -0.2) is 14.2 Å². The first-order valence-corrected chi connectivity index (χ1v) is 7.65. The fourth-order valence-electron chi connectivity index (χ4n) is 1.66. The van der Waals surface area contributed by atoms with Crippen LogP contribution in [0, 0.1) is 12.3 Å². The van der Waals surface area contributed by atoms with E-state index in [0.29, 0.717) is 4.90 Å². The molecule has 2 nitrogen and oxygen atoms in total. The number of benzene rings is 1. The van der Waals surface area contributed by atoms with E-state index in [1.54, 1.807) is 12.1 Å². The van der Waals surface area contributed by atoms with Crippen molar-refractivity contribution in [3.8, 4) is 0 Å². The monoisotopic (exact) mass is 254 g/mol. The summed E-state index contributed by atoms with van der Waals surface area (Å²) >= 11 is 0. The minimum atomic E-state index is -3.10. The quantitative estimate of drug-likeness (QED) is 0.822. The van der Waals surface area contributed by atoms with Gasteiger partial charge in [0.15, 0.2) is 9.84 Å². The topological polar surface area (TPSA) is 34.1 Å². The maximum Gasteiger partial charge on any atom is 0.178 e. The molecule has 1 aromatic rings. The first-order valence-electron chi connectivity index (χ1n) is 6.00. The van der Waals surface area contributed by atoms with Gasteiger partial charge in [0, 0.05) is 0 Å². The molecule has 0 aliphatic carbocycles. The lowest BCUT2D eigenvalue weighted by atomic mass is 9.91. The number of hydrogen-bond acceptors (Lipinski definition) is 2. The van der Waals surface area contributed by atoms with Crippen molar-refractivity contribution in [2.75, 3.05) is 5.75 Å². The maximum absolute atomic E-state index is 12.0. The van der Waals surface area contributed by atoms with Gasteiger partial charge in [-0.3, -0.25) is 0 Å². The highest BCUT2D eigenvalue weighted by molar-refractivity contribution is 7.91. The second-order valence-corrected chi connectivity index (χ2v) is 7.91. The average Bonchev–Trinajstić information content (AvgIpc) is 2.15. The third-order valence-corrected chi connectivity index (χ3v) is 4.54. The predicted molar refractivity (Wildman–Crippen MR) is 71.9 cm³/mol. The molecule has 0 saturated carbocycles. The van der Waals surface area contributed by atoms with Gasteiger partial charge < -0.3 is 0 Å². The Morgan fingerprint density at radius 2 is 1.59 bits per heavy atom. The van der Waals surface area contributed by atoms with Crippen molar-refractivity contribution in [1.82, 2.24) is 0 Å². The highest BCUT2D eigenvalue weighted by Gasteiger charge is 2.16. The molecule has 1 rings (SSSR count). The van der Waals surface area contributed by atoms with Gasteiger partial charge in [0.05, 0.1) is 10.6 Å². The molecule has 0 atom stereocenters. The molecular formula is C14H22O2S. The second-order valence-electron chi connectivity index (χ2n) is 5.80. The average molecular weight is 254 g/mol. The molecule has 0 radical (unpaired) electrons. The van der Waals surface area contributed by atoms with Crippen LogP contribution in [0.25, 0.3) is 0 Å². The van der Waals surface area contributed by atoms with E-state index in [0.717, 1.165) is 18.4 Å². The smallest absolute Gasteiger partial charge is 0.178 e. The van der Waals surface area contributed by atoms with Gasteiger partial charge in [-0.25, -0.2) is 8.42 Å². The van der Waals surface area contributed by atoms with E-state index >= 15 is 0 Å². The van der Waals surface area contributed by atoms with E-state index in [-0.39, 0.29) is 11.2 Å². The van der Waals surface area contributed by atoms with Gasteiger partial charge in [0.2, 0.25) is 0 Å². The van der Waals surface area contributed by atoms with Crippen molar-refractivity contribution in [3.63, 3.8) is 0 Å². The summed E-state index contributed by atoms with van der Waals surface area (Å²) in [6.07, 6.45) is 1.65. The second kappa shape index (κ2) is 5.21. The lowest BCUT2D eigenvalue weighted by Crippen LogP contribution is -2.11. The molecular weight excluding hydrogens is 232 g/mol. The zero-order valence-electron chi connectivity index (χ0n) is 11.2. The molecule has 0 heterocycles. The van der Waals surface area contributed by atoms with Crippen LogP contribution in [0.1, 0.15) is 39.2 Å². The van der Waals surface area contributed by atoms with Crippen LogP contribution in [0.15, 0.2) is 29.2 Å². The van der Waals surface area contributed by atoms with Crippen LogP contribution in [0.4, 0.5) is 0 Å². The summed E-state index contributed by atoms with van der Waals surface area (Å²) in [6, 6.07) is 7.08. The van der Waals surface area contributed by atoms with Crippen LogP contribution < -0.4 is 0 Å². The zero-order valence-corrected chi connectivity index (χ0v) is 12.0. The Morgan fingerprint density at radius 3 is 2.06 bits per heavy atom. The molecule has 0 spiro atoms. The molecule has 0 aliphatic heterocycles. The van der Waals surface area contributed by atoms with Gasteiger partial charge in [-0.2, -0.15) is 0 Å². The Kier molecular flexibility index (Phi) is 4.36. The third kappa shape index (κ3) is 4.90. The summed E-state index contributed by atoms with van der Waals surface area (Å²) in [5, 5.41) is 0.